The molecule has 0 spiro atoms. The SMILES string of the molecule is Cc1cc(C[C@H]2CNCCOC2)ncn1. The maximum absolute atomic E-state index is 5.50. The van der Waals surface area contributed by atoms with Crippen LogP contribution in [0.15, 0.2) is 12.4 Å². The Morgan fingerprint density at radius 3 is 3.33 bits per heavy atom. The smallest absolute Gasteiger partial charge is 0.115 e. The highest BCUT2D eigenvalue weighted by molar-refractivity contribution is 5.07. The number of hydrogen-bond acceptors (Lipinski definition) is 4. The molecular formula is C11H17N3O. The van der Waals surface area contributed by atoms with Crippen LogP contribution in [-0.2, 0) is 11.2 Å². The summed E-state index contributed by atoms with van der Waals surface area (Å²) in [4.78, 5) is 8.36. The molecule has 1 saturated heterocycles. The van der Waals surface area contributed by atoms with Gasteiger partial charge in [-0.1, -0.05) is 0 Å². The second-order valence-corrected chi connectivity index (χ2v) is 4.00. The predicted octanol–water partition coefficient (Wildman–Crippen LogP) is 0.564. The molecule has 4 nitrogen and oxygen atoms in total. The van der Waals surface area contributed by atoms with Crippen molar-refractivity contribution in [1.82, 2.24) is 15.3 Å². The summed E-state index contributed by atoms with van der Waals surface area (Å²) in [5.74, 6) is 0.529. The van der Waals surface area contributed by atoms with E-state index in [1.807, 2.05) is 13.0 Å². The number of rotatable bonds is 2. The molecule has 0 amide bonds. The average molecular weight is 207 g/mol. The zero-order chi connectivity index (χ0) is 10.5. The van der Waals surface area contributed by atoms with E-state index in [9.17, 15) is 0 Å². The van der Waals surface area contributed by atoms with E-state index in [1.165, 1.54) is 0 Å². The first-order chi connectivity index (χ1) is 7.34. The number of nitrogens with zero attached hydrogens (tertiary/aromatic N) is 2. The van der Waals surface area contributed by atoms with Crippen LogP contribution < -0.4 is 5.32 Å². The summed E-state index contributed by atoms with van der Waals surface area (Å²) < 4.78 is 5.50. The zero-order valence-electron chi connectivity index (χ0n) is 9.07. The van der Waals surface area contributed by atoms with Crippen molar-refractivity contribution in [3.05, 3.63) is 23.8 Å². The third-order valence-electron chi connectivity index (χ3n) is 2.57. The van der Waals surface area contributed by atoms with Crippen molar-refractivity contribution < 1.29 is 4.74 Å². The van der Waals surface area contributed by atoms with E-state index in [-0.39, 0.29) is 0 Å². The molecule has 0 unspecified atom stereocenters. The molecule has 15 heavy (non-hydrogen) atoms. The molecule has 1 aliphatic heterocycles. The monoisotopic (exact) mass is 207 g/mol. The van der Waals surface area contributed by atoms with E-state index >= 15 is 0 Å². The lowest BCUT2D eigenvalue weighted by Crippen LogP contribution is -2.24. The fourth-order valence-corrected chi connectivity index (χ4v) is 1.81. The summed E-state index contributed by atoms with van der Waals surface area (Å²) in [6, 6.07) is 2.05. The summed E-state index contributed by atoms with van der Waals surface area (Å²) in [6.07, 6.45) is 2.60. The summed E-state index contributed by atoms with van der Waals surface area (Å²) >= 11 is 0. The van der Waals surface area contributed by atoms with Crippen LogP contribution in [0.4, 0.5) is 0 Å². The largest absolute Gasteiger partial charge is 0.380 e. The first kappa shape index (κ1) is 10.5. The van der Waals surface area contributed by atoms with Crippen LogP contribution in [0.1, 0.15) is 11.4 Å². The van der Waals surface area contributed by atoms with E-state index in [0.717, 1.165) is 44.1 Å². The molecule has 0 bridgehead atoms. The topological polar surface area (TPSA) is 47.0 Å². The van der Waals surface area contributed by atoms with E-state index in [1.54, 1.807) is 6.33 Å². The first-order valence-electron chi connectivity index (χ1n) is 5.40. The van der Waals surface area contributed by atoms with Gasteiger partial charge in [0.25, 0.3) is 0 Å². The summed E-state index contributed by atoms with van der Waals surface area (Å²) in [5.41, 5.74) is 2.14. The number of aryl methyl sites for hydroxylation is 1. The van der Waals surface area contributed by atoms with Crippen LogP contribution in [0.3, 0.4) is 0 Å². The lowest BCUT2D eigenvalue weighted by molar-refractivity contribution is 0.123. The molecular weight excluding hydrogens is 190 g/mol. The Morgan fingerprint density at radius 1 is 1.53 bits per heavy atom. The van der Waals surface area contributed by atoms with E-state index in [0.29, 0.717) is 5.92 Å². The summed E-state index contributed by atoms with van der Waals surface area (Å²) in [6.45, 7) is 5.62. The molecule has 1 aliphatic rings. The highest BCUT2D eigenvalue weighted by Crippen LogP contribution is 2.08. The molecule has 82 valence electrons. The van der Waals surface area contributed by atoms with Gasteiger partial charge in [0.1, 0.15) is 6.33 Å². The van der Waals surface area contributed by atoms with Crippen molar-refractivity contribution in [1.29, 1.82) is 0 Å². The summed E-state index contributed by atoms with van der Waals surface area (Å²) in [7, 11) is 0. The van der Waals surface area contributed by atoms with Crippen molar-refractivity contribution in [2.75, 3.05) is 26.3 Å². The van der Waals surface area contributed by atoms with Gasteiger partial charge in [-0.2, -0.15) is 0 Å². The minimum absolute atomic E-state index is 0.529. The van der Waals surface area contributed by atoms with Gasteiger partial charge < -0.3 is 10.1 Å². The maximum atomic E-state index is 5.50. The Bertz CT molecular complexity index is 308. The van der Waals surface area contributed by atoms with Crippen LogP contribution in [0.2, 0.25) is 0 Å². The number of aromatic nitrogens is 2. The molecule has 1 fully saturated rings. The molecule has 0 aliphatic carbocycles. The molecule has 1 aromatic rings. The van der Waals surface area contributed by atoms with Crippen molar-refractivity contribution in [3.63, 3.8) is 0 Å². The van der Waals surface area contributed by atoms with E-state index in [2.05, 4.69) is 15.3 Å². The lowest BCUT2D eigenvalue weighted by Gasteiger charge is -2.12. The van der Waals surface area contributed by atoms with Crippen LogP contribution in [0, 0.1) is 12.8 Å². The highest BCUT2D eigenvalue weighted by Gasteiger charge is 2.13. The molecule has 0 radical (unpaired) electrons. The number of nitrogens with one attached hydrogen (secondary N) is 1. The van der Waals surface area contributed by atoms with Crippen molar-refractivity contribution in [2.24, 2.45) is 5.92 Å². The Balaban J connectivity index is 1.95. The molecule has 1 atom stereocenters. The van der Waals surface area contributed by atoms with E-state index < -0.39 is 0 Å². The van der Waals surface area contributed by atoms with Gasteiger partial charge in [0.2, 0.25) is 0 Å². The minimum Gasteiger partial charge on any atom is -0.380 e. The van der Waals surface area contributed by atoms with Crippen molar-refractivity contribution in [2.45, 2.75) is 13.3 Å². The molecule has 0 aromatic carbocycles. The fourth-order valence-electron chi connectivity index (χ4n) is 1.81. The Labute approximate surface area is 90.1 Å². The Morgan fingerprint density at radius 2 is 2.47 bits per heavy atom. The second-order valence-electron chi connectivity index (χ2n) is 4.00. The van der Waals surface area contributed by atoms with Crippen molar-refractivity contribution >= 4 is 0 Å². The molecule has 0 saturated carbocycles. The van der Waals surface area contributed by atoms with Gasteiger partial charge in [0, 0.05) is 30.4 Å². The third-order valence-corrected chi connectivity index (χ3v) is 2.57. The predicted molar refractivity (Wildman–Crippen MR) is 57.7 cm³/mol. The normalized spacial score (nSPS) is 22.3. The van der Waals surface area contributed by atoms with Crippen LogP contribution >= 0.6 is 0 Å². The first-order valence-corrected chi connectivity index (χ1v) is 5.40. The van der Waals surface area contributed by atoms with Gasteiger partial charge in [-0.25, -0.2) is 9.97 Å². The third kappa shape index (κ3) is 3.25. The van der Waals surface area contributed by atoms with Crippen molar-refractivity contribution in [3.8, 4) is 0 Å². The molecule has 1 N–H and O–H groups in total. The van der Waals surface area contributed by atoms with Gasteiger partial charge in [-0.3, -0.25) is 0 Å². The van der Waals surface area contributed by atoms with Gasteiger partial charge in [-0.05, 0) is 19.4 Å². The molecule has 2 heterocycles. The van der Waals surface area contributed by atoms with Gasteiger partial charge in [-0.15, -0.1) is 0 Å². The Hall–Kier alpha value is -1.00. The van der Waals surface area contributed by atoms with Gasteiger partial charge in [0.05, 0.1) is 13.2 Å². The molecule has 4 heteroatoms. The summed E-state index contributed by atoms with van der Waals surface area (Å²) in [5, 5.41) is 3.36. The van der Waals surface area contributed by atoms with Crippen LogP contribution in [0.5, 0.6) is 0 Å². The fraction of sp³-hybridized carbons (Fsp3) is 0.636. The van der Waals surface area contributed by atoms with Gasteiger partial charge >= 0.3 is 0 Å². The standard InChI is InChI=1S/C11H17N3O/c1-9-4-11(14-8-13-9)5-10-6-12-2-3-15-7-10/h4,8,10,12H,2-3,5-7H2,1H3/t10-/m0/s1. The average Bonchev–Trinajstić information content (AvgIpc) is 2.46. The number of hydrogen-bond donors (Lipinski definition) is 1. The van der Waals surface area contributed by atoms with Crippen LogP contribution in [0.25, 0.3) is 0 Å². The minimum atomic E-state index is 0.529. The quantitative estimate of drug-likeness (QED) is 0.770. The van der Waals surface area contributed by atoms with Gasteiger partial charge in [0.15, 0.2) is 0 Å². The zero-order valence-corrected chi connectivity index (χ0v) is 9.07. The lowest BCUT2D eigenvalue weighted by atomic mass is 10.0. The molecule has 2 rings (SSSR count). The maximum Gasteiger partial charge on any atom is 0.115 e. The highest BCUT2D eigenvalue weighted by atomic mass is 16.5. The molecule has 1 aromatic heterocycles. The second kappa shape index (κ2) is 5.19. The van der Waals surface area contributed by atoms with Crippen LogP contribution in [-0.4, -0.2) is 36.3 Å². The van der Waals surface area contributed by atoms with E-state index in [4.69, 9.17) is 4.74 Å². The Kier molecular flexibility index (Phi) is 3.64. The number of ether oxygens (including phenoxy) is 1.